The lowest BCUT2D eigenvalue weighted by Crippen LogP contribution is -2.48. The Bertz CT molecular complexity index is 873. The summed E-state index contributed by atoms with van der Waals surface area (Å²) in [7, 11) is 0. The Hall–Kier alpha value is -2.16. The van der Waals surface area contributed by atoms with Gasteiger partial charge >= 0.3 is 0 Å². The predicted octanol–water partition coefficient (Wildman–Crippen LogP) is 3.12. The molecule has 5 heteroatoms. The second kappa shape index (κ2) is 7.81. The maximum atomic E-state index is 9.63. The number of rotatable bonds is 5. The maximum Gasteiger partial charge on any atom is 0.100 e. The van der Waals surface area contributed by atoms with E-state index in [1.165, 1.54) is 0 Å². The van der Waals surface area contributed by atoms with Crippen molar-refractivity contribution in [2.45, 2.75) is 19.0 Å². The summed E-state index contributed by atoms with van der Waals surface area (Å²) in [5.74, 6) is 0. The van der Waals surface area contributed by atoms with Gasteiger partial charge in [0.1, 0.15) is 6.07 Å². The molecule has 0 unspecified atom stereocenters. The zero-order chi connectivity index (χ0) is 17.2. The Kier molecular flexibility index (Phi) is 5.99. The van der Waals surface area contributed by atoms with Gasteiger partial charge in [-0.2, -0.15) is 5.26 Å². The van der Waals surface area contributed by atoms with Gasteiger partial charge in [-0.1, -0.05) is 48.5 Å². The van der Waals surface area contributed by atoms with E-state index in [2.05, 4.69) is 11.4 Å². The number of nitriles is 1. The molecule has 25 heavy (non-hydrogen) atoms. The van der Waals surface area contributed by atoms with E-state index in [0.29, 0.717) is 12.1 Å². The number of halogens is 1. The molecule has 130 valence electrons. The highest BCUT2D eigenvalue weighted by Crippen LogP contribution is 2.32. The molecule has 0 saturated heterocycles. The molecule has 0 aliphatic heterocycles. The predicted molar refractivity (Wildman–Crippen MR) is 103 cm³/mol. The van der Waals surface area contributed by atoms with Crippen molar-refractivity contribution >= 4 is 34.0 Å². The molecule has 0 aromatic heterocycles. The first kappa shape index (κ1) is 19.2. The molecule has 0 aliphatic rings. The van der Waals surface area contributed by atoms with E-state index in [-0.39, 0.29) is 25.6 Å². The molecule has 4 nitrogen and oxygen atoms in total. The molecule has 0 atom stereocenters. The number of benzene rings is 3. The van der Waals surface area contributed by atoms with Gasteiger partial charge < -0.3 is 15.5 Å². The van der Waals surface area contributed by atoms with Gasteiger partial charge in [0.15, 0.2) is 0 Å². The Morgan fingerprint density at radius 1 is 0.920 bits per heavy atom. The normalized spacial score (nSPS) is 11.3. The molecule has 3 N–H and O–H groups in total. The number of hydrogen-bond acceptors (Lipinski definition) is 4. The lowest BCUT2D eigenvalue weighted by Gasteiger charge is -2.27. The Balaban J connectivity index is 0.00000225. The van der Waals surface area contributed by atoms with Crippen LogP contribution in [0.25, 0.3) is 21.5 Å². The van der Waals surface area contributed by atoms with E-state index < -0.39 is 5.54 Å². The van der Waals surface area contributed by atoms with Gasteiger partial charge in [-0.25, -0.2) is 0 Å². The second-order valence-electron chi connectivity index (χ2n) is 6.29. The van der Waals surface area contributed by atoms with Gasteiger partial charge in [0, 0.05) is 17.3 Å². The highest BCUT2D eigenvalue weighted by molar-refractivity contribution is 6.07. The zero-order valence-corrected chi connectivity index (χ0v) is 14.8. The molecule has 0 aliphatic carbocycles. The Morgan fingerprint density at radius 2 is 1.36 bits per heavy atom. The monoisotopic (exact) mass is 356 g/mol. The first-order valence-corrected chi connectivity index (χ1v) is 7.92. The standard InChI is InChI=1S/C20H20N2O2.ClH/c1-20(12-23,13-24)22-11-19-16-8-4-2-6-14(16)18(10-21)15-7-3-5-9-17(15)19;/h2-9,22-24H,11-13H2,1H3;1H. The van der Waals surface area contributed by atoms with Crippen LogP contribution in [0.4, 0.5) is 0 Å². The molecular formula is C20H21ClN2O2. The first-order chi connectivity index (χ1) is 11.6. The van der Waals surface area contributed by atoms with Crippen molar-refractivity contribution in [2.24, 2.45) is 0 Å². The smallest absolute Gasteiger partial charge is 0.100 e. The fraction of sp³-hybridized carbons (Fsp3) is 0.250. The largest absolute Gasteiger partial charge is 0.394 e. The summed E-state index contributed by atoms with van der Waals surface area (Å²) in [5.41, 5.74) is 0.987. The summed E-state index contributed by atoms with van der Waals surface area (Å²) in [6, 6.07) is 18.0. The minimum Gasteiger partial charge on any atom is -0.394 e. The van der Waals surface area contributed by atoms with Crippen LogP contribution in [0.5, 0.6) is 0 Å². The van der Waals surface area contributed by atoms with Crippen LogP contribution < -0.4 is 5.32 Å². The lowest BCUT2D eigenvalue weighted by molar-refractivity contribution is 0.103. The molecule has 0 saturated carbocycles. The molecule has 0 amide bonds. The average Bonchev–Trinajstić information content (AvgIpc) is 2.64. The van der Waals surface area contributed by atoms with E-state index in [1.54, 1.807) is 6.92 Å². The fourth-order valence-electron chi connectivity index (χ4n) is 2.99. The molecule has 0 fully saturated rings. The van der Waals surface area contributed by atoms with E-state index in [9.17, 15) is 15.5 Å². The highest BCUT2D eigenvalue weighted by atomic mass is 35.5. The summed E-state index contributed by atoms with van der Waals surface area (Å²) < 4.78 is 0. The van der Waals surface area contributed by atoms with Gasteiger partial charge in [-0.3, -0.25) is 0 Å². The molecule has 3 rings (SSSR count). The number of hydrogen-bond donors (Lipinski definition) is 3. The highest BCUT2D eigenvalue weighted by Gasteiger charge is 2.22. The van der Waals surface area contributed by atoms with Crippen LogP contribution in [0.2, 0.25) is 0 Å². The number of nitrogens with one attached hydrogen (secondary N) is 1. The molecule has 3 aromatic carbocycles. The van der Waals surface area contributed by atoms with Crippen molar-refractivity contribution in [3.05, 3.63) is 59.7 Å². The topological polar surface area (TPSA) is 76.3 Å². The molecule has 0 radical (unpaired) electrons. The first-order valence-electron chi connectivity index (χ1n) is 7.92. The van der Waals surface area contributed by atoms with Crippen molar-refractivity contribution in [1.29, 1.82) is 5.26 Å². The van der Waals surface area contributed by atoms with Crippen LogP contribution in [-0.4, -0.2) is 29.0 Å². The lowest BCUT2D eigenvalue weighted by atomic mass is 9.91. The molecule has 3 aromatic rings. The van der Waals surface area contributed by atoms with Crippen molar-refractivity contribution in [2.75, 3.05) is 13.2 Å². The summed E-state index contributed by atoms with van der Waals surface area (Å²) >= 11 is 0. The van der Waals surface area contributed by atoms with E-state index in [4.69, 9.17) is 0 Å². The van der Waals surface area contributed by atoms with Crippen molar-refractivity contribution in [1.82, 2.24) is 5.32 Å². The summed E-state index contributed by atoms with van der Waals surface area (Å²) in [6.45, 7) is 1.96. The number of fused-ring (bicyclic) bond motifs is 2. The summed E-state index contributed by atoms with van der Waals surface area (Å²) in [5, 5.41) is 35.8. The fourth-order valence-corrected chi connectivity index (χ4v) is 2.99. The molecule has 0 heterocycles. The van der Waals surface area contributed by atoms with Crippen LogP contribution in [0, 0.1) is 11.3 Å². The minimum absolute atomic E-state index is 0. The average molecular weight is 357 g/mol. The van der Waals surface area contributed by atoms with Gasteiger partial charge in [-0.15, -0.1) is 12.4 Å². The number of nitrogens with zero attached hydrogens (tertiary/aromatic N) is 1. The van der Waals surface area contributed by atoms with Crippen LogP contribution in [0.3, 0.4) is 0 Å². The molecule has 0 bridgehead atoms. The van der Waals surface area contributed by atoms with Crippen LogP contribution >= 0.6 is 12.4 Å². The SMILES string of the molecule is CC(CO)(CO)NCc1c2ccccc2c(C#N)c2ccccc12.Cl. The third kappa shape index (κ3) is 3.46. The van der Waals surface area contributed by atoms with Crippen molar-refractivity contribution in [3.63, 3.8) is 0 Å². The Morgan fingerprint density at radius 3 is 1.76 bits per heavy atom. The quantitative estimate of drug-likeness (QED) is 0.614. The second-order valence-corrected chi connectivity index (χ2v) is 6.29. The van der Waals surface area contributed by atoms with Crippen LogP contribution in [0.15, 0.2) is 48.5 Å². The maximum absolute atomic E-state index is 9.63. The van der Waals surface area contributed by atoms with Gasteiger partial charge in [-0.05, 0) is 23.3 Å². The van der Waals surface area contributed by atoms with Gasteiger partial charge in [0.05, 0.1) is 24.3 Å². The third-order valence-corrected chi connectivity index (χ3v) is 4.54. The zero-order valence-electron chi connectivity index (χ0n) is 14.0. The molecule has 0 spiro atoms. The van der Waals surface area contributed by atoms with E-state index in [1.807, 2.05) is 48.5 Å². The Labute approximate surface area is 153 Å². The van der Waals surface area contributed by atoms with Crippen molar-refractivity contribution in [3.8, 4) is 6.07 Å². The third-order valence-electron chi connectivity index (χ3n) is 4.54. The van der Waals surface area contributed by atoms with Crippen LogP contribution in [-0.2, 0) is 6.54 Å². The van der Waals surface area contributed by atoms with Gasteiger partial charge in [0.2, 0.25) is 0 Å². The van der Waals surface area contributed by atoms with E-state index >= 15 is 0 Å². The summed E-state index contributed by atoms with van der Waals surface area (Å²) in [6.07, 6.45) is 0. The van der Waals surface area contributed by atoms with Crippen molar-refractivity contribution < 1.29 is 10.2 Å². The number of aliphatic hydroxyl groups is 2. The summed E-state index contributed by atoms with van der Waals surface area (Å²) in [4.78, 5) is 0. The van der Waals surface area contributed by atoms with Gasteiger partial charge in [0.25, 0.3) is 0 Å². The van der Waals surface area contributed by atoms with Crippen LogP contribution in [0.1, 0.15) is 18.1 Å². The minimum atomic E-state index is -0.754. The molecular weight excluding hydrogens is 336 g/mol. The van der Waals surface area contributed by atoms with E-state index in [0.717, 1.165) is 27.1 Å². The number of aliphatic hydroxyl groups excluding tert-OH is 2.